The Morgan fingerprint density at radius 1 is 1.04 bits per heavy atom. The maximum absolute atomic E-state index is 5.60. The number of nitrogens with zero attached hydrogens (tertiary/aromatic N) is 1. The van der Waals surface area contributed by atoms with Gasteiger partial charge in [0.05, 0.1) is 7.11 Å². The van der Waals surface area contributed by atoms with Crippen molar-refractivity contribution >= 4 is 0 Å². The molecular formula is C21H25NO. The van der Waals surface area contributed by atoms with E-state index in [2.05, 4.69) is 53.4 Å². The van der Waals surface area contributed by atoms with Gasteiger partial charge in [-0.15, -0.1) is 0 Å². The summed E-state index contributed by atoms with van der Waals surface area (Å²) in [7, 11) is 1.80. The van der Waals surface area contributed by atoms with Crippen molar-refractivity contribution in [3.63, 3.8) is 0 Å². The van der Waals surface area contributed by atoms with E-state index < -0.39 is 0 Å². The number of piperidine rings is 1. The van der Waals surface area contributed by atoms with Crippen molar-refractivity contribution in [3.8, 4) is 5.75 Å². The largest absolute Gasteiger partial charge is 0.496 e. The molecule has 23 heavy (non-hydrogen) atoms. The van der Waals surface area contributed by atoms with Crippen LogP contribution < -0.4 is 4.74 Å². The summed E-state index contributed by atoms with van der Waals surface area (Å²) < 4.78 is 5.60. The molecule has 0 N–H and O–H groups in total. The molecule has 2 heteroatoms. The Bertz CT molecular complexity index is 667. The molecular weight excluding hydrogens is 282 g/mol. The van der Waals surface area contributed by atoms with Crippen molar-refractivity contribution in [2.75, 3.05) is 13.7 Å². The summed E-state index contributed by atoms with van der Waals surface area (Å²) in [4.78, 5) is 2.71. The van der Waals surface area contributed by atoms with Gasteiger partial charge in [0, 0.05) is 12.6 Å². The molecule has 0 radical (unpaired) electrons. The van der Waals surface area contributed by atoms with Crippen molar-refractivity contribution in [2.24, 2.45) is 5.92 Å². The molecule has 0 unspecified atom stereocenters. The van der Waals surface area contributed by atoms with E-state index in [9.17, 15) is 0 Å². The van der Waals surface area contributed by atoms with Crippen molar-refractivity contribution in [1.82, 2.24) is 4.90 Å². The van der Waals surface area contributed by atoms with Crippen LogP contribution in [0.15, 0.2) is 48.5 Å². The van der Waals surface area contributed by atoms with Crippen LogP contribution in [0.4, 0.5) is 0 Å². The highest BCUT2D eigenvalue weighted by Gasteiger charge is 2.36. The average molecular weight is 307 g/mol. The first-order valence-corrected chi connectivity index (χ1v) is 8.78. The summed E-state index contributed by atoms with van der Waals surface area (Å²) in [5.74, 6) is 1.86. The number of hydrogen-bond donors (Lipinski definition) is 0. The predicted molar refractivity (Wildman–Crippen MR) is 93.8 cm³/mol. The lowest BCUT2D eigenvalue weighted by atomic mass is 9.75. The van der Waals surface area contributed by atoms with Crippen LogP contribution in [-0.2, 0) is 19.4 Å². The maximum atomic E-state index is 5.60. The summed E-state index contributed by atoms with van der Waals surface area (Å²) >= 11 is 0. The van der Waals surface area contributed by atoms with E-state index in [-0.39, 0.29) is 0 Å². The average Bonchev–Trinajstić information content (AvgIpc) is 2.61. The number of rotatable bonds is 3. The normalized spacial score (nSPS) is 23.9. The van der Waals surface area contributed by atoms with Crippen molar-refractivity contribution in [1.29, 1.82) is 0 Å². The standard InChI is InChI=1S/C21H25NO/c1-23-21-11-5-9-17-14-20-18(13-19(17)21)10-6-12-22(20)15-16-7-3-2-4-8-16/h2-5,7-9,11,18,20H,6,10,12-15H2,1H3/t18-,20-/m0/s1. The van der Waals surface area contributed by atoms with Crippen LogP contribution in [0.2, 0.25) is 0 Å². The Balaban J connectivity index is 1.59. The van der Waals surface area contributed by atoms with E-state index in [1.165, 1.54) is 48.9 Å². The number of ether oxygens (including phenoxy) is 1. The molecule has 0 saturated carbocycles. The highest BCUT2D eigenvalue weighted by atomic mass is 16.5. The van der Waals surface area contributed by atoms with Gasteiger partial charge in [-0.3, -0.25) is 4.90 Å². The molecule has 1 heterocycles. The second-order valence-corrected chi connectivity index (χ2v) is 6.93. The minimum absolute atomic E-state index is 0.684. The van der Waals surface area contributed by atoms with E-state index in [0.29, 0.717) is 6.04 Å². The molecule has 4 rings (SSSR count). The molecule has 1 saturated heterocycles. The van der Waals surface area contributed by atoms with Crippen molar-refractivity contribution in [2.45, 2.75) is 38.3 Å². The summed E-state index contributed by atoms with van der Waals surface area (Å²) in [6.45, 7) is 2.32. The third-order valence-electron chi connectivity index (χ3n) is 5.61. The van der Waals surface area contributed by atoms with Gasteiger partial charge >= 0.3 is 0 Å². The zero-order chi connectivity index (χ0) is 15.6. The summed E-state index contributed by atoms with van der Waals surface area (Å²) in [6, 6.07) is 18.1. The second kappa shape index (κ2) is 6.37. The van der Waals surface area contributed by atoms with Crippen LogP contribution in [0.5, 0.6) is 5.75 Å². The monoisotopic (exact) mass is 307 g/mol. The first-order valence-electron chi connectivity index (χ1n) is 8.78. The summed E-state index contributed by atoms with van der Waals surface area (Å²) in [6.07, 6.45) is 5.02. The molecule has 0 spiro atoms. The van der Waals surface area contributed by atoms with Crippen LogP contribution in [0.25, 0.3) is 0 Å². The van der Waals surface area contributed by atoms with Gasteiger partial charge in [-0.2, -0.15) is 0 Å². The molecule has 1 fully saturated rings. The Labute approximate surface area is 139 Å². The highest BCUT2D eigenvalue weighted by molar-refractivity contribution is 5.43. The van der Waals surface area contributed by atoms with Crippen LogP contribution in [0, 0.1) is 5.92 Å². The van der Waals surface area contributed by atoms with Crippen LogP contribution in [0.1, 0.15) is 29.5 Å². The number of methoxy groups -OCH3 is 1. The van der Waals surface area contributed by atoms with Gasteiger partial charge in [-0.1, -0.05) is 42.5 Å². The predicted octanol–water partition coefficient (Wildman–Crippen LogP) is 4.07. The van der Waals surface area contributed by atoms with E-state index >= 15 is 0 Å². The SMILES string of the molecule is COc1cccc2c1C[C@@H]1CCCN(Cc3ccccc3)[C@H]1C2. The number of fused-ring (bicyclic) bond motifs is 2. The Hall–Kier alpha value is -1.80. The molecule has 2 aliphatic rings. The fourth-order valence-electron chi connectivity index (χ4n) is 4.47. The Morgan fingerprint density at radius 2 is 1.91 bits per heavy atom. The molecule has 2 aromatic rings. The van der Waals surface area contributed by atoms with Gasteiger partial charge in [0.15, 0.2) is 0 Å². The minimum atomic E-state index is 0.684. The molecule has 2 aromatic carbocycles. The van der Waals surface area contributed by atoms with Gasteiger partial charge in [0.1, 0.15) is 5.75 Å². The number of likely N-dealkylation sites (tertiary alicyclic amines) is 1. The lowest BCUT2D eigenvalue weighted by molar-refractivity contribution is 0.0778. The Kier molecular flexibility index (Phi) is 4.09. The lowest BCUT2D eigenvalue weighted by Crippen LogP contribution is -2.48. The van der Waals surface area contributed by atoms with E-state index in [1.807, 2.05) is 0 Å². The van der Waals surface area contributed by atoms with Crippen LogP contribution >= 0.6 is 0 Å². The van der Waals surface area contributed by atoms with Crippen LogP contribution in [-0.4, -0.2) is 24.6 Å². The molecule has 1 aliphatic heterocycles. The van der Waals surface area contributed by atoms with Gasteiger partial charge in [-0.25, -0.2) is 0 Å². The van der Waals surface area contributed by atoms with E-state index in [1.54, 1.807) is 7.11 Å². The zero-order valence-corrected chi connectivity index (χ0v) is 13.9. The highest BCUT2D eigenvalue weighted by Crippen LogP contribution is 2.39. The van der Waals surface area contributed by atoms with Crippen molar-refractivity contribution in [3.05, 3.63) is 65.2 Å². The summed E-state index contributed by atoms with van der Waals surface area (Å²) in [5.41, 5.74) is 4.38. The van der Waals surface area contributed by atoms with Crippen LogP contribution in [0.3, 0.4) is 0 Å². The molecule has 120 valence electrons. The van der Waals surface area contributed by atoms with E-state index in [0.717, 1.165) is 18.2 Å². The van der Waals surface area contributed by atoms with E-state index in [4.69, 9.17) is 4.74 Å². The third kappa shape index (κ3) is 2.88. The molecule has 0 bridgehead atoms. The lowest BCUT2D eigenvalue weighted by Gasteiger charge is -2.45. The zero-order valence-electron chi connectivity index (χ0n) is 13.9. The number of benzene rings is 2. The third-order valence-corrected chi connectivity index (χ3v) is 5.61. The second-order valence-electron chi connectivity index (χ2n) is 6.93. The quantitative estimate of drug-likeness (QED) is 0.847. The minimum Gasteiger partial charge on any atom is -0.496 e. The maximum Gasteiger partial charge on any atom is 0.122 e. The molecule has 0 aromatic heterocycles. The fourth-order valence-corrected chi connectivity index (χ4v) is 4.47. The van der Waals surface area contributed by atoms with Gasteiger partial charge < -0.3 is 4.74 Å². The first-order chi connectivity index (χ1) is 11.3. The molecule has 0 amide bonds. The van der Waals surface area contributed by atoms with Gasteiger partial charge in [0.2, 0.25) is 0 Å². The molecule has 1 aliphatic carbocycles. The Morgan fingerprint density at radius 3 is 2.74 bits per heavy atom. The first kappa shape index (κ1) is 14.8. The van der Waals surface area contributed by atoms with Gasteiger partial charge in [-0.05, 0) is 60.9 Å². The van der Waals surface area contributed by atoms with Gasteiger partial charge in [0.25, 0.3) is 0 Å². The molecule has 2 nitrogen and oxygen atoms in total. The topological polar surface area (TPSA) is 12.5 Å². The molecule has 2 atom stereocenters. The smallest absolute Gasteiger partial charge is 0.122 e. The fraction of sp³-hybridized carbons (Fsp3) is 0.429. The number of hydrogen-bond acceptors (Lipinski definition) is 2. The van der Waals surface area contributed by atoms with Crippen molar-refractivity contribution < 1.29 is 4.74 Å². The summed E-state index contributed by atoms with van der Waals surface area (Å²) in [5, 5.41) is 0.